The van der Waals surface area contributed by atoms with E-state index in [9.17, 15) is 4.79 Å². The summed E-state index contributed by atoms with van der Waals surface area (Å²) in [6.45, 7) is 3.05. The maximum absolute atomic E-state index is 12.6. The lowest BCUT2D eigenvalue weighted by atomic mass is 9.84. The minimum Gasteiger partial charge on any atom is -0.352 e. The lowest BCUT2D eigenvalue weighted by Crippen LogP contribution is -2.46. The van der Waals surface area contributed by atoms with Crippen molar-refractivity contribution >= 4 is 5.91 Å². The van der Waals surface area contributed by atoms with E-state index in [1.807, 2.05) is 6.07 Å². The van der Waals surface area contributed by atoms with Gasteiger partial charge in [-0.3, -0.25) is 4.79 Å². The third-order valence-corrected chi connectivity index (χ3v) is 5.10. The molecule has 3 heteroatoms. The fraction of sp³-hybridized carbons (Fsp3) is 0.611. The van der Waals surface area contributed by atoms with Gasteiger partial charge in [-0.1, -0.05) is 43.5 Å². The molecule has 1 saturated carbocycles. The number of hydrogen-bond acceptors (Lipinski definition) is 2. The third-order valence-electron chi connectivity index (χ3n) is 5.10. The second kappa shape index (κ2) is 6.61. The first-order valence-electron chi connectivity index (χ1n) is 8.37. The first kappa shape index (κ1) is 14.6. The van der Waals surface area contributed by atoms with Crippen molar-refractivity contribution in [3.8, 4) is 0 Å². The van der Waals surface area contributed by atoms with Crippen LogP contribution >= 0.6 is 0 Å². The molecule has 1 aromatic rings. The first-order valence-corrected chi connectivity index (χ1v) is 8.37. The van der Waals surface area contributed by atoms with Gasteiger partial charge in [0.1, 0.15) is 6.04 Å². The Labute approximate surface area is 127 Å². The average molecular weight is 286 g/mol. The minimum atomic E-state index is -0.180. The molecule has 1 amide bonds. The molecular weight excluding hydrogens is 260 g/mol. The molecular formula is C18H26N2O. The number of benzene rings is 1. The van der Waals surface area contributed by atoms with Gasteiger partial charge in [-0.2, -0.15) is 0 Å². The summed E-state index contributed by atoms with van der Waals surface area (Å²) in [5.41, 5.74) is 2.46. The van der Waals surface area contributed by atoms with E-state index < -0.39 is 0 Å². The predicted octanol–water partition coefficient (Wildman–Crippen LogP) is 2.96. The van der Waals surface area contributed by atoms with Crippen molar-refractivity contribution < 1.29 is 4.79 Å². The standard InChI is InChI=1S/C18H26N2O/c1-13(14-7-3-2-4-8-14)20-18(21)17-16-10-6-5-9-15(16)11-12-19-17/h5-6,9-10,13-14,17,19H,2-4,7-8,11-12H2,1H3,(H,20,21). The van der Waals surface area contributed by atoms with Crippen LogP contribution in [-0.2, 0) is 11.2 Å². The van der Waals surface area contributed by atoms with E-state index in [0.29, 0.717) is 5.92 Å². The Hall–Kier alpha value is -1.35. The van der Waals surface area contributed by atoms with Gasteiger partial charge in [0, 0.05) is 12.6 Å². The molecule has 1 aromatic carbocycles. The Morgan fingerprint density at radius 2 is 2.00 bits per heavy atom. The van der Waals surface area contributed by atoms with Gasteiger partial charge in [-0.25, -0.2) is 0 Å². The number of hydrogen-bond donors (Lipinski definition) is 2. The summed E-state index contributed by atoms with van der Waals surface area (Å²) in [5.74, 6) is 0.793. The molecule has 0 aromatic heterocycles. The molecule has 114 valence electrons. The molecule has 3 rings (SSSR count). The highest BCUT2D eigenvalue weighted by molar-refractivity contribution is 5.84. The summed E-state index contributed by atoms with van der Waals surface area (Å²) < 4.78 is 0. The Balaban J connectivity index is 1.66. The zero-order chi connectivity index (χ0) is 14.7. The quantitative estimate of drug-likeness (QED) is 0.897. The number of nitrogens with one attached hydrogen (secondary N) is 2. The van der Waals surface area contributed by atoms with Crippen LogP contribution in [0.5, 0.6) is 0 Å². The summed E-state index contributed by atoms with van der Waals surface area (Å²) in [6, 6.07) is 8.41. The van der Waals surface area contributed by atoms with E-state index in [2.05, 4.69) is 35.8 Å². The normalized spacial score (nSPS) is 24.1. The molecule has 2 aliphatic rings. The lowest BCUT2D eigenvalue weighted by Gasteiger charge is -2.31. The van der Waals surface area contributed by atoms with Crippen molar-refractivity contribution in [3.63, 3.8) is 0 Å². The summed E-state index contributed by atoms with van der Waals surface area (Å²) >= 11 is 0. The Bertz CT molecular complexity index is 494. The highest BCUT2D eigenvalue weighted by Crippen LogP contribution is 2.27. The van der Waals surface area contributed by atoms with Crippen LogP contribution in [-0.4, -0.2) is 18.5 Å². The smallest absolute Gasteiger partial charge is 0.241 e. The van der Waals surface area contributed by atoms with Crippen molar-refractivity contribution in [1.29, 1.82) is 0 Å². The molecule has 0 bridgehead atoms. The molecule has 0 spiro atoms. The van der Waals surface area contributed by atoms with Crippen LogP contribution in [0, 0.1) is 5.92 Å². The Kier molecular flexibility index (Phi) is 4.59. The number of fused-ring (bicyclic) bond motifs is 1. The highest BCUT2D eigenvalue weighted by Gasteiger charge is 2.28. The summed E-state index contributed by atoms with van der Waals surface area (Å²) in [6.07, 6.45) is 7.52. The van der Waals surface area contributed by atoms with Gasteiger partial charge in [0.05, 0.1) is 0 Å². The van der Waals surface area contributed by atoms with Crippen LogP contribution in [0.25, 0.3) is 0 Å². The summed E-state index contributed by atoms with van der Waals surface area (Å²) in [5, 5.41) is 6.63. The summed E-state index contributed by atoms with van der Waals surface area (Å²) in [7, 11) is 0. The Morgan fingerprint density at radius 3 is 2.81 bits per heavy atom. The molecule has 1 fully saturated rings. The Morgan fingerprint density at radius 1 is 1.24 bits per heavy atom. The molecule has 2 N–H and O–H groups in total. The van der Waals surface area contributed by atoms with Crippen LogP contribution in [0.15, 0.2) is 24.3 Å². The molecule has 1 heterocycles. The number of carbonyl (C=O) groups is 1. The molecule has 2 atom stereocenters. The zero-order valence-electron chi connectivity index (χ0n) is 12.9. The second-order valence-electron chi connectivity index (χ2n) is 6.53. The highest BCUT2D eigenvalue weighted by atomic mass is 16.2. The fourth-order valence-electron chi connectivity index (χ4n) is 3.80. The maximum Gasteiger partial charge on any atom is 0.241 e. The lowest BCUT2D eigenvalue weighted by molar-refractivity contribution is -0.124. The predicted molar refractivity (Wildman–Crippen MR) is 85.1 cm³/mol. The van der Waals surface area contributed by atoms with Crippen LogP contribution in [0.3, 0.4) is 0 Å². The topological polar surface area (TPSA) is 41.1 Å². The van der Waals surface area contributed by atoms with Gasteiger partial charge in [-0.15, -0.1) is 0 Å². The molecule has 21 heavy (non-hydrogen) atoms. The molecule has 0 radical (unpaired) electrons. The van der Waals surface area contributed by atoms with Crippen LogP contribution in [0.2, 0.25) is 0 Å². The summed E-state index contributed by atoms with van der Waals surface area (Å²) in [4.78, 5) is 12.6. The van der Waals surface area contributed by atoms with Crippen LogP contribution in [0.1, 0.15) is 56.2 Å². The van der Waals surface area contributed by atoms with Gasteiger partial charge < -0.3 is 10.6 Å². The van der Waals surface area contributed by atoms with E-state index in [1.54, 1.807) is 0 Å². The van der Waals surface area contributed by atoms with Crippen LogP contribution in [0.4, 0.5) is 0 Å². The SMILES string of the molecule is CC(NC(=O)C1NCCc2ccccc21)C1CCCCC1. The van der Waals surface area contributed by atoms with E-state index >= 15 is 0 Å². The maximum atomic E-state index is 12.6. The average Bonchev–Trinajstić information content (AvgIpc) is 2.55. The number of rotatable bonds is 3. The first-order chi connectivity index (χ1) is 10.3. The van der Waals surface area contributed by atoms with Crippen molar-refractivity contribution in [3.05, 3.63) is 35.4 Å². The van der Waals surface area contributed by atoms with E-state index in [0.717, 1.165) is 18.5 Å². The van der Waals surface area contributed by atoms with Crippen molar-refractivity contribution in [2.45, 2.75) is 57.5 Å². The molecule has 3 nitrogen and oxygen atoms in total. The van der Waals surface area contributed by atoms with Crippen LogP contribution < -0.4 is 10.6 Å². The minimum absolute atomic E-state index is 0.139. The van der Waals surface area contributed by atoms with Crippen molar-refractivity contribution in [1.82, 2.24) is 10.6 Å². The largest absolute Gasteiger partial charge is 0.352 e. The van der Waals surface area contributed by atoms with E-state index in [4.69, 9.17) is 0 Å². The number of amides is 1. The number of carbonyl (C=O) groups excluding carboxylic acids is 1. The van der Waals surface area contributed by atoms with Gasteiger partial charge >= 0.3 is 0 Å². The molecule has 1 aliphatic heterocycles. The van der Waals surface area contributed by atoms with Gasteiger partial charge in [0.25, 0.3) is 0 Å². The molecule has 1 aliphatic carbocycles. The third kappa shape index (κ3) is 3.29. The van der Waals surface area contributed by atoms with E-state index in [1.165, 1.54) is 37.7 Å². The molecule has 0 saturated heterocycles. The monoisotopic (exact) mass is 286 g/mol. The van der Waals surface area contributed by atoms with Gasteiger partial charge in [-0.05, 0) is 43.2 Å². The fourth-order valence-corrected chi connectivity index (χ4v) is 3.80. The zero-order valence-corrected chi connectivity index (χ0v) is 12.9. The van der Waals surface area contributed by atoms with Gasteiger partial charge in [0.15, 0.2) is 0 Å². The van der Waals surface area contributed by atoms with Crippen molar-refractivity contribution in [2.24, 2.45) is 5.92 Å². The van der Waals surface area contributed by atoms with Gasteiger partial charge in [0.2, 0.25) is 5.91 Å². The molecule has 2 unspecified atom stereocenters. The van der Waals surface area contributed by atoms with E-state index in [-0.39, 0.29) is 18.0 Å². The van der Waals surface area contributed by atoms with Crippen molar-refractivity contribution in [2.75, 3.05) is 6.54 Å². The second-order valence-corrected chi connectivity index (χ2v) is 6.53.